The van der Waals surface area contributed by atoms with Crippen LogP contribution in [0.2, 0.25) is 0 Å². The fraction of sp³-hybridized carbons (Fsp3) is 0.200. The van der Waals surface area contributed by atoms with Crippen LogP contribution in [0.3, 0.4) is 0 Å². The molecule has 0 heterocycles. The summed E-state index contributed by atoms with van der Waals surface area (Å²) in [6.07, 6.45) is 1.37. The topological polar surface area (TPSA) is 84.9 Å². The van der Waals surface area contributed by atoms with Crippen LogP contribution in [0.25, 0.3) is 6.08 Å². The Kier molecular flexibility index (Phi) is 7.43. The zero-order valence-electron chi connectivity index (χ0n) is 15.0. The molecule has 0 spiro atoms. The van der Waals surface area contributed by atoms with Gasteiger partial charge in [-0.15, -0.1) is 0 Å². The minimum Gasteiger partial charge on any atom is -0.490 e. The maximum Gasteiger partial charge on any atom is 0.352 e. The first-order chi connectivity index (χ1) is 12.9. The summed E-state index contributed by atoms with van der Waals surface area (Å²) < 4.78 is 12.4. The predicted molar refractivity (Wildman–Crippen MR) is 106 cm³/mol. The van der Waals surface area contributed by atoms with E-state index in [1.165, 1.54) is 13.0 Å². The smallest absolute Gasteiger partial charge is 0.352 e. The molecule has 0 unspecified atom stereocenters. The van der Waals surface area contributed by atoms with E-state index < -0.39 is 11.9 Å². The lowest BCUT2D eigenvalue weighted by Gasteiger charge is -2.13. The molecular weight excluding hydrogens is 414 g/mol. The van der Waals surface area contributed by atoms with E-state index in [0.717, 1.165) is 10.0 Å². The third-order valence-electron chi connectivity index (χ3n) is 3.40. The first kappa shape index (κ1) is 20.5. The van der Waals surface area contributed by atoms with Gasteiger partial charge in [0.2, 0.25) is 5.91 Å². The average molecular weight is 434 g/mol. The van der Waals surface area contributed by atoms with Crippen molar-refractivity contribution in [2.75, 3.05) is 6.61 Å². The molecule has 0 saturated heterocycles. The number of carboxylic acids is 1. The van der Waals surface area contributed by atoms with Crippen LogP contribution in [0.5, 0.6) is 11.5 Å². The van der Waals surface area contributed by atoms with Gasteiger partial charge in [0.15, 0.2) is 11.5 Å². The maximum atomic E-state index is 11.3. The van der Waals surface area contributed by atoms with Crippen LogP contribution in [-0.2, 0) is 16.2 Å². The molecule has 142 valence electrons. The van der Waals surface area contributed by atoms with E-state index in [1.807, 2.05) is 31.2 Å². The number of halogens is 1. The van der Waals surface area contributed by atoms with Crippen molar-refractivity contribution in [3.05, 3.63) is 63.8 Å². The van der Waals surface area contributed by atoms with Gasteiger partial charge >= 0.3 is 5.97 Å². The Bertz CT molecular complexity index is 863. The van der Waals surface area contributed by atoms with Gasteiger partial charge in [-0.25, -0.2) is 4.79 Å². The second-order valence-corrected chi connectivity index (χ2v) is 6.52. The van der Waals surface area contributed by atoms with Gasteiger partial charge in [-0.05, 0) is 48.4 Å². The molecule has 27 heavy (non-hydrogen) atoms. The molecule has 7 heteroatoms. The maximum absolute atomic E-state index is 11.3. The first-order valence-corrected chi connectivity index (χ1v) is 9.05. The van der Waals surface area contributed by atoms with Crippen LogP contribution >= 0.6 is 15.9 Å². The molecule has 2 aromatic carbocycles. The summed E-state index contributed by atoms with van der Waals surface area (Å²) in [7, 11) is 0. The molecule has 0 aliphatic heterocycles. The average Bonchev–Trinajstić information content (AvgIpc) is 2.60. The molecule has 0 aromatic heterocycles. The summed E-state index contributed by atoms with van der Waals surface area (Å²) >= 11 is 3.42. The predicted octanol–water partition coefficient (Wildman–Crippen LogP) is 3.99. The number of carbonyl (C=O) groups excluding carboxylic acids is 1. The van der Waals surface area contributed by atoms with E-state index in [-0.39, 0.29) is 5.70 Å². The van der Waals surface area contributed by atoms with Crippen molar-refractivity contribution in [3.8, 4) is 11.5 Å². The molecule has 0 aliphatic carbocycles. The first-order valence-electron chi connectivity index (χ1n) is 8.25. The number of aliphatic carboxylic acids is 1. The molecule has 0 aliphatic rings. The molecule has 6 nitrogen and oxygen atoms in total. The summed E-state index contributed by atoms with van der Waals surface area (Å²) in [4.78, 5) is 22.4. The SMILES string of the molecule is CCOc1cc(/C=C(/NC(C)=O)C(=O)O)ccc1OCc1cccc(Br)c1. The van der Waals surface area contributed by atoms with Gasteiger partial charge in [0, 0.05) is 11.4 Å². The Balaban J connectivity index is 2.24. The summed E-state index contributed by atoms with van der Waals surface area (Å²) in [5.41, 5.74) is 1.35. The Morgan fingerprint density at radius 3 is 2.56 bits per heavy atom. The quantitative estimate of drug-likeness (QED) is 0.614. The number of nitrogens with one attached hydrogen (secondary N) is 1. The fourth-order valence-corrected chi connectivity index (χ4v) is 2.74. The lowest BCUT2D eigenvalue weighted by Crippen LogP contribution is -2.24. The highest BCUT2D eigenvalue weighted by molar-refractivity contribution is 9.10. The molecule has 0 atom stereocenters. The molecule has 2 rings (SSSR count). The van der Waals surface area contributed by atoms with Gasteiger partial charge in [0.1, 0.15) is 12.3 Å². The minimum absolute atomic E-state index is 0.215. The van der Waals surface area contributed by atoms with Crippen molar-refractivity contribution in [1.29, 1.82) is 0 Å². The largest absolute Gasteiger partial charge is 0.490 e. The second-order valence-electron chi connectivity index (χ2n) is 5.60. The summed E-state index contributed by atoms with van der Waals surface area (Å²) in [5, 5.41) is 11.5. The third kappa shape index (κ3) is 6.45. The van der Waals surface area contributed by atoms with Gasteiger partial charge in [-0.2, -0.15) is 0 Å². The molecule has 2 aromatic rings. The number of benzene rings is 2. The van der Waals surface area contributed by atoms with Crippen molar-refractivity contribution in [3.63, 3.8) is 0 Å². The van der Waals surface area contributed by atoms with E-state index in [9.17, 15) is 14.7 Å². The minimum atomic E-state index is -1.22. The van der Waals surface area contributed by atoms with Crippen molar-refractivity contribution in [2.45, 2.75) is 20.5 Å². The van der Waals surface area contributed by atoms with Gasteiger partial charge in [0.05, 0.1) is 6.61 Å². The van der Waals surface area contributed by atoms with Gasteiger partial charge in [0.25, 0.3) is 0 Å². The van der Waals surface area contributed by atoms with Crippen LogP contribution in [0.15, 0.2) is 52.6 Å². The van der Waals surface area contributed by atoms with Crippen LogP contribution < -0.4 is 14.8 Å². The number of amides is 1. The van der Waals surface area contributed by atoms with Crippen LogP contribution in [0.1, 0.15) is 25.0 Å². The molecule has 0 fully saturated rings. The molecule has 0 radical (unpaired) electrons. The highest BCUT2D eigenvalue weighted by Gasteiger charge is 2.11. The normalized spacial score (nSPS) is 11.0. The fourth-order valence-electron chi connectivity index (χ4n) is 2.30. The number of hydrogen-bond acceptors (Lipinski definition) is 4. The molecule has 1 amide bonds. The van der Waals surface area contributed by atoms with Crippen molar-refractivity contribution in [1.82, 2.24) is 5.32 Å². The Hall–Kier alpha value is -2.80. The zero-order chi connectivity index (χ0) is 19.8. The number of carbonyl (C=O) groups is 2. The lowest BCUT2D eigenvalue weighted by atomic mass is 10.1. The van der Waals surface area contributed by atoms with Crippen molar-refractivity contribution < 1.29 is 24.2 Å². The van der Waals surface area contributed by atoms with Crippen LogP contribution in [0, 0.1) is 0 Å². The van der Waals surface area contributed by atoms with E-state index in [2.05, 4.69) is 21.2 Å². The highest BCUT2D eigenvalue weighted by Crippen LogP contribution is 2.30. The Morgan fingerprint density at radius 1 is 1.15 bits per heavy atom. The van der Waals surface area contributed by atoms with Gasteiger partial charge in [-0.1, -0.05) is 34.1 Å². The Labute approximate surface area is 165 Å². The van der Waals surface area contributed by atoms with Crippen LogP contribution in [-0.4, -0.2) is 23.6 Å². The summed E-state index contributed by atoms with van der Waals surface area (Å²) in [6, 6.07) is 12.9. The number of carboxylic acid groups (broad SMARTS) is 1. The third-order valence-corrected chi connectivity index (χ3v) is 3.90. The molecule has 0 saturated carbocycles. The second kappa shape index (κ2) is 9.78. The van der Waals surface area contributed by atoms with Crippen molar-refractivity contribution in [2.24, 2.45) is 0 Å². The van der Waals surface area contributed by atoms with Gasteiger partial charge < -0.3 is 19.9 Å². The molecule has 0 bridgehead atoms. The van der Waals surface area contributed by atoms with E-state index >= 15 is 0 Å². The van der Waals surface area contributed by atoms with E-state index in [1.54, 1.807) is 18.2 Å². The zero-order valence-corrected chi connectivity index (χ0v) is 16.6. The standard InChI is InChI=1S/C20H20BrNO5/c1-3-26-19-11-14(10-17(20(24)25)22-13(2)23)7-8-18(19)27-12-15-5-4-6-16(21)9-15/h4-11H,3,12H2,1-2H3,(H,22,23)(H,24,25)/b17-10+. The molecular formula is C20H20BrNO5. The number of rotatable bonds is 8. The van der Waals surface area contributed by atoms with Crippen LogP contribution in [0.4, 0.5) is 0 Å². The van der Waals surface area contributed by atoms with Gasteiger partial charge in [-0.3, -0.25) is 4.79 Å². The Morgan fingerprint density at radius 2 is 1.93 bits per heavy atom. The number of ether oxygens (including phenoxy) is 2. The van der Waals surface area contributed by atoms with E-state index in [0.29, 0.717) is 30.3 Å². The molecule has 2 N–H and O–H groups in total. The number of hydrogen-bond donors (Lipinski definition) is 2. The van der Waals surface area contributed by atoms with E-state index in [4.69, 9.17) is 9.47 Å². The lowest BCUT2D eigenvalue weighted by molar-refractivity contribution is -0.134. The highest BCUT2D eigenvalue weighted by atomic mass is 79.9. The van der Waals surface area contributed by atoms with Crippen molar-refractivity contribution >= 4 is 33.9 Å². The monoisotopic (exact) mass is 433 g/mol. The summed E-state index contributed by atoms with van der Waals surface area (Å²) in [5.74, 6) is -0.639. The summed E-state index contributed by atoms with van der Waals surface area (Å²) in [6.45, 7) is 3.89.